The normalized spacial score (nSPS) is 16.3. The lowest BCUT2D eigenvalue weighted by Crippen LogP contribution is -2.44. The van der Waals surface area contributed by atoms with E-state index < -0.39 is 0 Å². The summed E-state index contributed by atoms with van der Waals surface area (Å²) in [4.78, 5) is 21.7. The minimum atomic E-state index is 0.669. The molecule has 1 fully saturated rings. The Labute approximate surface area is 192 Å². The molecule has 0 spiro atoms. The van der Waals surface area contributed by atoms with Crippen LogP contribution in [0.25, 0.3) is 40.9 Å². The summed E-state index contributed by atoms with van der Waals surface area (Å²) >= 11 is 0. The van der Waals surface area contributed by atoms with E-state index in [-0.39, 0.29) is 0 Å². The molecular formula is C24H29N9. The number of aromatic nitrogens is 7. The molecule has 0 saturated carbocycles. The summed E-state index contributed by atoms with van der Waals surface area (Å²) in [5, 5.41) is 9.23. The highest BCUT2D eigenvalue weighted by atomic mass is 15.3. The Morgan fingerprint density at radius 1 is 1.15 bits per heavy atom. The number of fused-ring (bicyclic) bond motifs is 1. The van der Waals surface area contributed by atoms with E-state index in [1.807, 2.05) is 38.5 Å². The number of piperazine rings is 1. The highest BCUT2D eigenvalue weighted by Crippen LogP contribution is 2.26. The van der Waals surface area contributed by atoms with Crippen LogP contribution in [-0.4, -0.2) is 72.8 Å². The van der Waals surface area contributed by atoms with Crippen molar-refractivity contribution in [3.63, 3.8) is 0 Å². The molecule has 0 aliphatic carbocycles. The maximum atomic E-state index is 4.72. The summed E-state index contributed by atoms with van der Waals surface area (Å²) in [6.07, 6.45) is 7.75. The molecule has 1 saturated heterocycles. The number of aromatic amines is 2. The van der Waals surface area contributed by atoms with Gasteiger partial charge in [0.05, 0.1) is 22.9 Å². The second-order valence-electron chi connectivity index (χ2n) is 8.63. The van der Waals surface area contributed by atoms with E-state index in [2.05, 4.69) is 66.1 Å². The molecule has 1 aliphatic rings. The van der Waals surface area contributed by atoms with Crippen molar-refractivity contribution in [2.75, 3.05) is 38.1 Å². The topological polar surface area (TPSA) is 94.6 Å². The van der Waals surface area contributed by atoms with Gasteiger partial charge in [-0.15, -0.1) is 0 Å². The van der Waals surface area contributed by atoms with Gasteiger partial charge in [0.2, 0.25) is 0 Å². The number of nitrogens with one attached hydrogen (secondary N) is 2. The van der Waals surface area contributed by atoms with Crippen LogP contribution in [-0.2, 0) is 7.05 Å². The molecule has 0 unspecified atom stereocenters. The van der Waals surface area contributed by atoms with Crippen molar-refractivity contribution >= 4 is 35.1 Å². The number of likely N-dealkylation sites (N-methyl/N-ethyl adjacent to an activating group) is 1. The van der Waals surface area contributed by atoms with Crippen LogP contribution in [0.4, 0.5) is 5.69 Å². The van der Waals surface area contributed by atoms with Gasteiger partial charge in [0.1, 0.15) is 17.0 Å². The van der Waals surface area contributed by atoms with Gasteiger partial charge in [0.25, 0.3) is 0 Å². The van der Waals surface area contributed by atoms with Gasteiger partial charge >= 0.3 is 0 Å². The van der Waals surface area contributed by atoms with Crippen LogP contribution in [0.1, 0.15) is 18.4 Å². The van der Waals surface area contributed by atoms with Gasteiger partial charge in [-0.05, 0) is 38.6 Å². The Morgan fingerprint density at radius 2 is 1.94 bits per heavy atom. The first-order chi connectivity index (χ1) is 15.9. The summed E-state index contributed by atoms with van der Waals surface area (Å²) < 4.78 is 2.07. The van der Waals surface area contributed by atoms with Crippen molar-refractivity contribution in [1.29, 1.82) is 0 Å². The van der Waals surface area contributed by atoms with E-state index in [4.69, 9.17) is 4.98 Å². The van der Waals surface area contributed by atoms with Gasteiger partial charge in [-0.2, -0.15) is 5.10 Å². The fourth-order valence-electron chi connectivity index (χ4n) is 4.20. The number of pyridine rings is 1. The molecule has 2 N–H and O–H groups in total. The number of allylic oxidation sites excluding steroid dienone is 2. The van der Waals surface area contributed by atoms with E-state index in [9.17, 15) is 0 Å². The van der Waals surface area contributed by atoms with Crippen molar-refractivity contribution in [2.24, 2.45) is 7.05 Å². The number of rotatable bonds is 4. The van der Waals surface area contributed by atoms with Crippen LogP contribution in [0.2, 0.25) is 0 Å². The van der Waals surface area contributed by atoms with Crippen LogP contribution in [0.3, 0.4) is 0 Å². The van der Waals surface area contributed by atoms with E-state index >= 15 is 0 Å². The number of imidazole rings is 2. The largest absolute Gasteiger partial charge is 0.367 e. The third-order valence-corrected chi connectivity index (χ3v) is 6.46. The summed E-state index contributed by atoms with van der Waals surface area (Å²) in [7, 11) is 4.17. The van der Waals surface area contributed by atoms with Gasteiger partial charge in [-0.1, -0.05) is 12.7 Å². The molecule has 0 radical (unpaired) electrons. The predicted octanol–water partition coefficient (Wildman–Crippen LogP) is 1.44. The number of hydrogen-bond donors (Lipinski definition) is 2. The van der Waals surface area contributed by atoms with Crippen molar-refractivity contribution in [3.05, 3.63) is 46.6 Å². The van der Waals surface area contributed by atoms with E-state index in [1.54, 1.807) is 0 Å². The maximum absolute atomic E-state index is 4.72. The zero-order valence-electron chi connectivity index (χ0n) is 19.6. The van der Waals surface area contributed by atoms with Crippen LogP contribution in [0, 0.1) is 6.92 Å². The molecule has 5 rings (SSSR count). The van der Waals surface area contributed by atoms with Crippen molar-refractivity contribution in [3.8, 4) is 11.5 Å². The quantitative estimate of drug-likeness (QED) is 0.496. The molecular weight excluding hydrogens is 414 g/mol. The summed E-state index contributed by atoms with van der Waals surface area (Å²) in [5.74, 6) is 1.65. The van der Waals surface area contributed by atoms with Crippen LogP contribution < -0.4 is 15.5 Å². The minimum Gasteiger partial charge on any atom is -0.367 e. The van der Waals surface area contributed by atoms with Gasteiger partial charge < -0.3 is 19.4 Å². The fourth-order valence-corrected chi connectivity index (χ4v) is 4.20. The smallest absolute Gasteiger partial charge is 0.180 e. The SMILES string of the molecule is C=c1c(-c2nc3nccc(N4CCN(C)CC4)c3[nH]2)n[nH]/c1=C/C=C(\C)c1cnc(C)n1C. The lowest BCUT2D eigenvalue weighted by molar-refractivity contribution is 0.313. The number of anilines is 1. The molecule has 5 heterocycles. The number of H-pyrrole nitrogens is 2. The Morgan fingerprint density at radius 3 is 2.67 bits per heavy atom. The monoisotopic (exact) mass is 443 g/mol. The lowest BCUT2D eigenvalue weighted by Gasteiger charge is -2.34. The summed E-state index contributed by atoms with van der Waals surface area (Å²) in [5.41, 5.74) is 5.65. The lowest BCUT2D eigenvalue weighted by atomic mass is 10.2. The molecule has 170 valence electrons. The number of nitrogens with zero attached hydrogens (tertiary/aromatic N) is 7. The molecule has 9 nitrogen and oxygen atoms in total. The number of hydrogen-bond acceptors (Lipinski definition) is 6. The zero-order chi connectivity index (χ0) is 23.1. The Hall–Kier alpha value is -3.72. The van der Waals surface area contributed by atoms with Crippen molar-refractivity contribution in [2.45, 2.75) is 13.8 Å². The van der Waals surface area contributed by atoms with Gasteiger partial charge in [0.15, 0.2) is 11.5 Å². The van der Waals surface area contributed by atoms with E-state index in [0.717, 1.165) is 65.0 Å². The Bertz CT molecular complexity index is 1440. The molecule has 0 atom stereocenters. The maximum Gasteiger partial charge on any atom is 0.180 e. The van der Waals surface area contributed by atoms with E-state index in [1.165, 1.54) is 0 Å². The van der Waals surface area contributed by atoms with Crippen LogP contribution in [0.5, 0.6) is 0 Å². The van der Waals surface area contributed by atoms with Gasteiger partial charge in [-0.25, -0.2) is 15.0 Å². The first-order valence-corrected chi connectivity index (χ1v) is 11.1. The molecule has 4 aromatic heterocycles. The highest BCUT2D eigenvalue weighted by Gasteiger charge is 2.19. The first kappa shape index (κ1) is 21.1. The van der Waals surface area contributed by atoms with Crippen LogP contribution >= 0.6 is 0 Å². The fraction of sp³-hybridized carbons (Fsp3) is 0.333. The highest BCUT2D eigenvalue weighted by molar-refractivity contribution is 5.88. The average Bonchev–Trinajstić information content (AvgIpc) is 3.49. The first-order valence-electron chi connectivity index (χ1n) is 11.1. The summed E-state index contributed by atoms with van der Waals surface area (Å²) in [6, 6.07) is 2.05. The van der Waals surface area contributed by atoms with Gasteiger partial charge in [0, 0.05) is 44.6 Å². The molecule has 4 aromatic rings. The summed E-state index contributed by atoms with van der Waals surface area (Å²) in [6.45, 7) is 12.4. The van der Waals surface area contributed by atoms with Crippen LogP contribution in [0.15, 0.2) is 24.5 Å². The average molecular weight is 444 g/mol. The third kappa shape index (κ3) is 3.84. The molecule has 0 amide bonds. The second kappa shape index (κ2) is 8.32. The zero-order valence-corrected chi connectivity index (χ0v) is 19.6. The Balaban J connectivity index is 1.48. The molecule has 33 heavy (non-hydrogen) atoms. The molecule has 0 aromatic carbocycles. The Kier molecular flexibility index (Phi) is 5.33. The molecule has 9 heteroatoms. The molecule has 1 aliphatic heterocycles. The number of aryl methyl sites for hydroxylation is 1. The molecule has 0 bridgehead atoms. The minimum absolute atomic E-state index is 0.669. The standard InChI is InChI=1S/C24H29N9/c1-15(20-14-26-17(3)32(20)5)6-7-18-16(2)21(30-29-18)24-27-22-19(8-9-25-23(22)28-24)33-12-10-31(4)11-13-33/h6-9,14,29H,2,10-13H2,1,3-5H3,(H,25,27,28)/b15-6+,18-7+. The predicted molar refractivity (Wildman–Crippen MR) is 132 cm³/mol. The van der Waals surface area contributed by atoms with E-state index in [0.29, 0.717) is 17.2 Å². The second-order valence-corrected chi connectivity index (χ2v) is 8.63. The van der Waals surface area contributed by atoms with Crippen molar-refractivity contribution < 1.29 is 0 Å². The van der Waals surface area contributed by atoms with Crippen molar-refractivity contribution in [1.82, 2.24) is 39.6 Å². The third-order valence-electron chi connectivity index (χ3n) is 6.46. The van der Waals surface area contributed by atoms with Gasteiger partial charge in [-0.3, -0.25) is 5.10 Å².